The Labute approximate surface area is 191 Å². The van der Waals surface area contributed by atoms with Crippen LogP contribution in [0, 0.1) is 0 Å². The summed E-state index contributed by atoms with van der Waals surface area (Å²) in [6.45, 7) is 2.70. The van der Waals surface area contributed by atoms with Crippen molar-refractivity contribution in [2.24, 2.45) is 0 Å². The van der Waals surface area contributed by atoms with Crippen LogP contribution in [0.3, 0.4) is 0 Å². The van der Waals surface area contributed by atoms with Crippen LogP contribution in [-0.2, 0) is 0 Å². The van der Waals surface area contributed by atoms with E-state index >= 15 is 0 Å². The molecule has 0 radical (unpaired) electrons. The van der Waals surface area contributed by atoms with E-state index in [4.69, 9.17) is 5.11 Å². The highest BCUT2D eigenvalue weighted by Crippen LogP contribution is 2.26. The molecule has 0 aliphatic carbocycles. The number of alkyl halides is 2. The molecule has 2 N–H and O–H groups in total. The molecule has 1 aliphatic heterocycles. The Morgan fingerprint density at radius 1 is 1.24 bits per heavy atom. The molecule has 1 saturated heterocycles. The molecule has 0 saturated carbocycles. The van der Waals surface area contributed by atoms with E-state index < -0.39 is 5.92 Å². The summed E-state index contributed by atoms with van der Waals surface area (Å²) in [6, 6.07) is 10.5. The number of piperidine rings is 1. The quantitative estimate of drug-likeness (QED) is 0.573. The molecule has 1 aromatic carbocycles. The number of benzene rings is 1. The monoisotopic (exact) mass is 458 g/mol. The maximum Gasteiger partial charge on any atom is 0.251 e. The van der Waals surface area contributed by atoms with Crippen molar-refractivity contribution >= 4 is 23.2 Å². The second-order valence-electron chi connectivity index (χ2n) is 8.25. The number of nitrogens with zero attached hydrogens (tertiary/aromatic N) is 3. The van der Waals surface area contributed by atoms with Gasteiger partial charge in [0.1, 0.15) is 5.65 Å². The number of carbonyl (C=O) groups is 2. The first-order valence-corrected chi connectivity index (χ1v) is 10.7. The third-order valence-electron chi connectivity index (χ3n) is 5.46. The van der Waals surface area contributed by atoms with Crippen LogP contribution in [-0.4, -0.2) is 70.5 Å². The van der Waals surface area contributed by atoms with Gasteiger partial charge in [0.15, 0.2) is 6.29 Å². The van der Waals surface area contributed by atoms with Gasteiger partial charge in [-0.3, -0.25) is 9.59 Å². The van der Waals surface area contributed by atoms with Crippen LogP contribution in [0.2, 0.25) is 0 Å². The molecule has 3 aromatic rings. The van der Waals surface area contributed by atoms with E-state index in [0.29, 0.717) is 24.2 Å². The predicted octanol–water partition coefficient (Wildman–Crippen LogP) is 3.30. The molecule has 9 heteroatoms. The Morgan fingerprint density at radius 2 is 1.91 bits per heavy atom. The van der Waals surface area contributed by atoms with E-state index in [1.807, 2.05) is 40.9 Å². The topological polar surface area (TPSA) is 87.5 Å². The summed E-state index contributed by atoms with van der Waals surface area (Å²) < 4.78 is 26.6. The number of aromatic nitrogens is 2. The Kier molecular flexibility index (Phi) is 7.88. The van der Waals surface area contributed by atoms with Crippen LogP contribution in [0.1, 0.15) is 40.5 Å². The minimum absolute atomic E-state index is 0.0312. The number of carbonyl (C=O) groups excluding carboxylic acids is 2. The zero-order valence-electron chi connectivity index (χ0n) is 18.7. The molecule has 1 amide bonds. The smallest absolute Gasteiger partial charge is 0.251 e. The van der Waals surface area contributed by atoms with Crippen molar-refractivity contribution in [1.82, 2.24) is 19.8 Å². The fourth-order valence-electron chi connectivity index (χ4n) is 3.39. The first-order valence-electron chi connectivity index (χ1n) is 10.7. The molecule has 4 rings (SSSR count). The predicted molar refractivity (Wildman–Crippen MR) is 122 cm³/mol. The molecule has 0 spiro atoms. The zero-order valence-corrected chi connectivity index (χ0v) is 18.7. The number of aliphatic hydroxyl groups excluding tert-OH is 1. The van der Waals surface area contributed by atoms with Crippen molar-refractivity contribution in [2.45, 2.75) is 31.7 Å². The lowest BCUT2D eigenvalue weighted by atomic mass is 10.1. The van der Waals surface area contributed by atoms with E-state index in [-0.39, 0.29) is 31.4 Å². The number of nitrogens with one attached hydrogen (secondary N) is 1. The van der Waals surface area contributed by atoms with E-state index in [2.05, 4.69) is 10.3 Å². The van der Waals surface area contributed by atoms with E-state index in [1.165, 1.54) is 6.20 Å². The van der Waals surface area contributed by atoms with Crippen LogP contribution in [0.15, 0.2) is 48.8 Å². The lowest BCUT2D eigenvalue weighted by Crippen LogP contribution is -2.36. The van der Waals surface area contributed by atoms with Gasteiger partial charge in [-0.2, -0.15) is 0 Å². The number of pyridine rings is 1. The first-order chi connectivity index (χ1) is 15.7. The minimum atomic E-state index is -2.38. The summed E-state index contributed by atoms with van der Waals surface area (Å²) in [5.74, 6) is -2.61. The van der Waals surface area contributed by atoms with Gasteiger partial charge >= 0.3 is 0 Å². The van der Waals surface area contributed by atoms with Crippen molar-refractivity contribution < 1.29 is 23.5 Å². The van der Waals surface area contributed by atoms with Crippen molar-refractivity contribution in [3.05, 3.63) is 59.9 Å². The molecule has 2 aromatic heterocycles. The molecule has 1 aliphatic rings. The van der Waals surface area contributed by atoms with E-state index in [1.54, 1.807) is 25.1 Å². The summed E-state index contributed by atoms with van der Waals surface area (Å²) in [4.78, 5) is 29.1. The number of aliphatic hydroxyl groups is 1. The molecule has 176 valence electrons. The van der Waals surface area contributed by atoms with Gasteiger partial charge in [0.25, 0.3) is 11.8 Å². The van der Waals surface area contributed by atoms with Crippen LogP contribution in [0.25, 0.3) is 16.7 Å². The van der Waals surface area contributed by atoms with Gasteiger partial charge in [0.05, 0.1) is 6.61 Å². The average molecular weight is 459 g/mol. The van der Waals surface area contributed by atoms with Gasteiger partial charge in [0, 0.05) is 66.6 Å². The van der Waals surface area contributed by atoms with Gasteiger partial charge in [-0.1, -0.05) is 0 Å². The molecule has 3 heterocycles. The number of aldehydes is 1. The second kappa shape index (κ2) is 10.6. The Bertz CT molecular complexity index is 1090. The number of likely N-dealkylation sites (tertiary alicyclic amines) is 1. The highest BCUT2D eigenvalue weighted by molar-refractivity contribution is 5.94. The fraction of sp³-hybridized carbons (Fsp3) is 0.375. The minimum Gasteiger partial charge on any atom is -0.394 e. The highest BCUT2D eigenvalue weighted by Gasteiger charge is 2.32. The molecule has 33 heavy (non-hydrogen) atoms. The summed E-state index contributed by atoms with van der Waals surface area (Å²) >= 11 is 0. The normalized spacial score (nSPS) is 16.5. The van der Waals surface area contributed by atoms with Crippen LogP contribution in [0.4, 0.5) is 8.78 Å². The number of hydrogen-bond donors (Lipinski definition) is 2. The van der Waals surface area contributed by atoms with Gasteiger partial charge in [0.2, 0.25) is 0 Å². The van der Waals surface area contributed by atoms with E-state index in [9.17, 15) is 18.4 Å². The largest absolute Gasteiger partial charge is 0.394 e. The molecular weight excluding hydrogens is 430 g/mol. The number of amides is 1. The fourth-order valence-corrected chi connectivity index (χ4v) is 3.39. The maximum absolute atomic E-state index is 12.4. The summed E-state index contributed by atoms with van der Waals surface area (Å²) in [5, 5.41) is 12.6. The summed E-state index contributed by atoms with van der Waals surface area (Å²) in [7, 11) is 1.87. The Morgan fingerprint density at radius 3 is 2.48 bits per heavy atom. The summed E-state index contributed by atoms with van der Waals surface area (Å²) in [5.41, 5.74) is 2.66. The van der Waals surface area contributed by atoms with Gasteiger partial charge < -0.3 is 19.9 Å². The third kappa shape index (κ3) is 6.43. The van der Waals surface area contributed by atoms with Crippen LogP contribution in [0.5, 0.6) is 0 Å². The molecule has 1 atom stereocenters. The van der Waals surface area contributed by atoms with Crippen molar-refractivity contribution in [2.75, 3.05) is 26.7 Å². The van der Waals surface area contributed by atoms with Gasteiger partial charge in [-0.15, -0.1) is 0 Å². The number of fused-ring (bicyclic) bond motifs is 1. The third-order valence-corrected chi connectivity index (χ3v) is 5.46. The molecule has 1 unspecified atom stereocenters. The molecule has 0 bridgehead atoms. The van der Waals surface area contributed by atoms with Gasteiger partial charge in [-0.05, 0) is 50.4 Å². The molecule has 1 fully saturated rings. The Hall–Kier alpha value is -3.17. The van der Waals surface area contributed by atoms with Crippen molar-refractivity contribution in [3.63, 3.8) is 0 Å². The Balaban J connectivity index is 0.000000286. The maximum atomic E-state index is 12.4. The first kappa shape index (κ1) is 24.5. The number of halogens is 2. The number of rotatable bonds is 5. The second-order valence-corrected chi connectivity index (χ2v) is 8.25. The molecular formula is C24H28F2N4O3. The SMILES string of the molecule is CC(CO)NC(=O)c1ccc(-n2ccc3cc(C=O)cnc32)cc1.CN1CCC(F)(F)CC1. The van der Waals surface area contributed by atoms with Gasteiger partial charge in [-0.25, -0.2) is 13.8 Å². The van der Waals surface area contributed by atoms with Crippen LogP contribution < -0.4 is 5.32 Å². The standard InChI is InChI=1S/C18H17N3O3.C6H11F2N/c1-12(10-22)20-18(24)14-2-4-16(5-3-14)21-7-6-15-8-13(11-23)9-19-17(15)21;1-9-4-2-6(7,8)3-5-9/h2-9,11-12,22H,10H2,1H3,(H,20,24);2-5H2,1H3. The molecule has 7 nitrogen and oxygen atoms in total. The lowest BCUT2D eigenvalue weighted by molar-refractivity contribution is -0.0504. The highest BCUT2D eigenvalue weighted by atomic mass is 19.3. The van der Waals surface area contributed by atoms with E-state index in [0.717, 1.165) is 23.0 Å². The lowest BCUT2D eigenvalue weighted by Gasteiger charge is -2.28. The summed E-state index contributed by atoms with van der Waals surface area (Å²) in [6.07, 6.45) is 4.23. The van der Waals surface area contributed by atoms with Crippen molar-refractivity contribution in [1.29, 1.82) is 0 Å². The zero-order chi connectivity index (χ0) is 24.0. The van der Waals surface area contributed by atoms with Crippen molar-refractivity contribution in [3.8, 4) is 5.69 Å². The average Bonchev–Trinajstić information content (AvgIpc) is 3.24. The number of hydrogen-bond acceptors (Lipinski definition) is 5. The van der Waals surface area contributed by atoms with Crippen LogP contribution >= 0.6 is 0 Å².